The van der Waals surface area contributed by atoms with Crippen LogP contribution in [0.3, 0.4) is 0 Å². The number of hydrogen-bond donors (Lipinski definition) is 0. The second kappa shape index (κ2) is 4.23. The van der Waals surface area contributed by atoms with Crippen molar-refractivity contribution < 1.29 is 0 Å². The number of halogens is 1. The monoisotopic (exact) mass is 256 g/mol. The van der Waals surface area contributed by atoms with Crippen molar-refractivity contribution in [3.05, 3.63) is 47.6 Å². The Balaban J connectivity index is 2.26. The van der Waals surface area contributed by atoms with Crippen LogP contribution < -0.4 is 0 Å². The first-order valence-corrected chi connectivity index (χ1v) is 5.73. The van der Waals surface area contributed by atoms with Crippen LogP contribution in [-0.4, -0.2) is 21.3 Å². The van der Waals surface area contributed by atoms with Gasteiger partial charge in [-0.3, -0.25) is 0 Å². The van der Waals surface area contributed by atoms with E-state index in [-0.39, 0.29) is 0 Å². The van der Waals surface area contributed by atoms with Crippen LogP contribution in [0.1, 0.15) is 0 Å². The lowest BCUT2D eigenvalue weighted by Gasteiger charge is -2.02. The molecular weight excluding hydrogens is 248 g/mol. The molecule has 1 aromatic carbocycles. The van der Waals surface area contributed by atoms with Gasteiger partial charge in [0, 0.05) is 10.6 Å². The second-order valence-electron chi connectivity index (χ2n) is 3.77. The molecule has 3 aromatic rings. The maximum absolute atomic E-state index is 5.99. The molecule has 0 aliphatic heterocycles. The van der Waals surface area contributed by atoms with Crippen LogP contribution in [0, 0.1) is 0 Å². The minimum absolute atomic E-state index is 0.559. The van der Waals surface area contributed by atoms with Crippen LogP contribution in [0.2, 0.25) is 5.02 Å². The van der Waals surface area contributed by atoms with Gasteiger partial charge in [0.05, 0.1) is 11.9 Å². The fourth-order valence-corrected chi connectivity index (χ4v) is 1.98. The van der Waals surface area contributed by atoms with Gasteiger partial charge in [0.2, 0.25) is 0 Å². The average Bonchev–Trinajstić information content (AvgIpc) is 2.81. The number of nitrogens with zero attached hydrogens (tertiary/aromatic N) is 4. The smallest absolute Gasteiger partial charge is 0.172 e. The quantitative estimate of drug-likeness (QED) is 0.660. The molecular formula is C13H9ClN4. The van der Waals surface area contributed by atoms with Gasteiger partial charge < -0.3 is 0 Å². The largest absolute Gasteiger partial charge is 0.244 e. The third-order valence-electron chi connectivity index (χ3n) is 2.63. The average molecular weight is 257 g/mol. The lowest BCUT2D eigenvalue weighted by molar-refractivity contribution is 0.942. The van der Waals surface area contributed by atoms with Crippen molar-refractivity contribution in [2.45, 2.75) is 0 Å². The van der Waals surface area contributed by atoms with Crippen LogP contribution in [0.4, 0.5) is 5.82 Å². The van der Waals surface area contributed by atoms with E-state index in [9.17, 15) is 0 Å². The van der Waals surface area contributed by atoms with Gasteiger partial charge in [-0.15, -0.1) is 5.10 Å². The molecule has 0 radical (unpaired) electrons. The number of rotatable bonds is 2. The van der Waals surface area contributed by atoms with Gasteiger partial charge in [-0.25, -0.2) is 14.5 Å². The Labute approximate surface area is 109 Å². The Morgan fingerprint density at radius 2 is 2.11 bits per heavy atom. The Morgan fingerprint density at radius 3 is 2.89 bits per heavy atom. The molecule has 2 heterocycles. The van der Waals surface area contributed by atoms with Crippen LogP contribution >= 0.6 is 11.6 Å². The molecule has 4 nitrogen and oxygen atoms in total. The van der Waals surface area contributed by atoms with E-state index in [0.717, 1.165) is 16.9 Å². The molecule has 18 heavy (non-hydrogen) atoms. The van der Waals surface area contributed by atoms with E-state index in [0.29, 0.717) is 10.8 Å². The van der Waals surface area contributed by atoms with Gasteiger partial charge in [-0.2, -0.15) is 0 Å². The molecule has 0 saturated carbocycles. The first-order valence-electron chi connectivity index (χ1n) is 5.35. The molecule has 0 saturated heterocycles. The van der Waals surface area contributed by atoms with Gasteiger partial charge in [-0.05, 0) is 31.0 Å². The zero-order valence-electron chi connectivity index (χ0n) is 9.42. The number of imidazole rings is 1. The molecule has 0 fully saturated rings. The molecule has 2 aromatic heterocycles. The Morgan fingerprint density at radius 1 is 1.22 bits per heavy atom. The summed E-state index contributed by atoms with van der Waals surface area (Å²) in [5.41, 5.74) is 2.60. The number of fused-ring (bicyclic) bond motifs is 1. The molecule has 3 rings (SSSR count). The normalized spacial score (nSPS) is 10.7. The summed E-state index contributed by atoms with van der Waals surface area (Å²) in [4.78, 5) is 8.11. The Bertz CT molecular complexity index is 733. The van der Waals surface area contributed by atoms with Crippen molar-refractivity contribution in [1.29, 1.82) is 0 Å². The summed E-state index contributed by atoms with van der Waals surface area (Å²) in [7, 11) is 0. The molecule has 0 spiro atoms. The highest BCUT2D eigenvalue weighted by atomic mass is 35.5. The van der Waals surface area contributed by atoms with Crippen molar-refractivity contribution in [3.8, 4) is 11.3 Å². The summed E-state index contributed by atoms with van der Waals surface area (Å²) in [6.07, 6.45) is 1.76. The Kier molecular flexibility index (Phi) is 2.57. The first-order chi connectivity index (χ1) is 8.78. The summed E-state index contributed by atoms with van der Waals surface area (Å²) in [6.45, 7) is 3.47. The number of benzene rings is 1. The van der Waals surface area contributed by atoms with E-state index >= 15 is 0 Å². The molecule has 0 aliphatic carbocycles. The zero-order valence-corrected chi connectivity index (χ0v) is 10.2. The molecule has 0 atom stereocenters. The van der Waals surface area contributed by atoms with Crippen LogP contribution in [0.15, 0.2) is 47.6 Å². The van der Waals surface area contributed by atoms with E-state index in [4.69, 9.17) is 11.6 Å². The highest BCUT2D eigenvalue weighted by molar-refractivity contribution is 6.30. The van der Waals surface area contributed by atoms with Crippen molar-refractivity contribution >= 4 is 29.8 Å². The van der Waals surface area contributed by atoms with E-state index in [1.165, 1.54) is 0 Å². The molecule has 0 amide bonds. The number of hydrogen-bond acceptors (Lipinski definition) is 3. The van der Waals surface area contributed by atoms with E-state index in [1.807, 2.05) is 30.3 Å². The number of aliphatic imine (C=N–C) groups is 1. The SMILES string of the molecule is C=Nc1ccc2ncc(-c3cccc(Cl)c3)n2n1. The van der Waals surface area contributed by atoms with Crippen molar-refractivity contribution in [2.24, 2.45) is 4.99 Å². The summed E-state index contributed by atoms with van der Waals surface area (Å²) in [5, 5.41) is 5.02. The summed E-state index contributed by atoms with van der Waals surface area (Å²) >= 11 is 5.99. The summed E-state index contributed by atoms with van der Waals surface area (Å²) < 4.78 is 1.73. The molecule has 88 valence electrons. The highest BCUT2D eigenvalue weighted by Crippen LogP contribution is 2.23. The topological polar surface area (TPSA) is 42.5 Å². The fraction of sp³-hybridized carbons (Fsp3) is 0. The summed E-state index contributed by atoms with van der Waals surface area (Å²) in [6, 6.07) is 11.2. The lowest BCUT2D eigenvalue weighted by atomic mass is 10.2. The summed E-state index contributed by atoms with van der Waals surface area (Å²) in [5.74, 6) is 0.559. The lowest BCUT2D eigenvalue weighted by Crippen LogP contribution is -1.93. The van der Waals surface area contributed by atoms with E-state index in [1.54, 1.807) is 16.8 Å². The van der Waals surface area contributed by atoms with Gasteiger partial charge >= 0.3 is 0 Å². The Hall–Kier alpha value is -2.20. The van der Waals surface area contributed by atoms with Crippen molar-refractivity contribution in [2.75, 3.05) is 0 Å². The predicted molar refractivity (Wildman–Crippen MR) is 72.6 cm³/mol. The van der Waals surface area contributed by atoms with Crippen LogP contribution in [-0.2, 0) is 0 Å². The van der Waals surface area contributed by atoms with Crippen LogP contribution in [0.25, 0.3) is 16.9 Å². The second-order valence-corrected chi connectivity index (χ2v) is 4.21. The number of aromatic nitrogens is 3. The van der Waals surface area contributed by atoms with Gasteiger partial charge in [0.1, 0.15) is 0 Å². The van der Waals surface area contributed by atoms with E-state index < -0.39 is 0 Å². The minimum Gasteiger partial charge on any atom is -0.244 e. The van der Waals surface area contributed by atoms with E-state index in [2.05, 4.69) is 21.8 Å². The third kappa shape index (κ3) is 1.76. The van der Waals surface area contributed by atoms with Gasteiger partial charge in [-0.1, -0.05) is 23.7 Å². The molecule has 0 unspecified atom stereocenters. The van der Waals surface area contributed by atoms with Crippen molar-refractivity contribution in [1.82, 2.24) is 14.6 Å². The highest BCUT2D eigenvalue weighted by Gasteiger charge is 2.07. The standard InChI is InChI=1S/C13H9ClN4/c1-15-12-5-6-13-16-8-11(18(13)17-12)9-3-2-4-10(14)7-9/h2-8H,1H2. The first kappa shape index (κ1) is 10.9. The minimum atomic E-state index is 0.559. The predicted octanol–water partition coefficient (Wildman–Crippen LogP) is 3.38. The molecule has 0 N–H and O–H groups in total. The molecule has 5 heteroatoms. The zero-order chi connectivity index (χ0) is 12.5. The maximum atomic E-state index is 5.99. The van der Waals surface area contributed by atoms with Gasteiger partial charge in [0.25, 0.3) is 0 Å². The third-order valence-corrected chi connectivity index (χ3v) is 2.87. The van der Waals surface area contributed by atoms with Gasteiger partial charge in [0.15, 0.2) is 11.5 Å². The fourth-order valence-electron chi connectivity index (χ4n) is 1.79. The molecule has 0 aliphatic rings. The van der Waals surface area contributed by atoms with Crippen molar-refractivity contribution in [3.63, 3.8) is 0 Å². The molecule has 0 bridgehead atoms. The maximum Gasteiger partial charge on any atom is 0.172 e. The van der Waals surface area contributed by atoms with Crippen LogP contribution in [0.5, 0.6) is 0 Å².